The number of benzene rings is 1. The van der Waals surface area contributed by atoms with Crippen molar-refractivity contribution in [2.24, 2.45) is 0 Å². The predicted octanol–water partition coefficient (Wildman–Crippen LogP) is 3.28. The lowest BCUT2D eigenvalue weighted by Crippen LogP contribution is -2.23. The largest absolute Gasteiger partial charge is 0.481 e. The van der Waals surface area contributed by atoms with Crippen molar-refractivity contribution in [3.63, 3.8) is 0 Å². The van der Waals surface area contributed by atoms with Crippen LogP contribution in [0.5, 0.6) is 5.88 Å². The summed E-state index contributed by atoms with van der Waals surface area (Å²) in [5.74, 6) is 0.276. The molecule has 0 fully saturated rings. The van der Waals surface area contributed by atoms with Crippen molar-refractivity contribution in [1.82, 2.24) is 15.3 Å². The Balaban J connectivity index is 2.26. The quantitative estimate of drug-likeness (QED) is 0.865. The minimum atomic E-state index is -0.260. The topological polar surface area (TPSA) is 47.0 Å². The predicted molar refractivity (Wildman–Crippen MR) is 82.8 cm³/mol. The third-order valence-corrected chi connectivity index (χ3v) is 3.80. The number of nitrogens with one attached hydrogen (secondary N) is 1. The van der Waals surface area contributed by atoms with Gasteiger partial charge in [0.05, 0.1) is 7.11 Å². The smallest absolute Gasteiger partial charge is 0.216 e. The van der Waals surface area contributed by atoms with Gasteiger partial charge in [-0.2, -0.15) is 0 Å². The van der Waals surface area contributed by atoms with Crippen molar-refractivity contribution in [2.75, 3.05) is 13.7 Å². The first kappa shape index (κ1) is 15.9. The number of halogens is 2. The van der Waals surface area contributed by atoms with E-state index in [1.165, 1.54) is 18.5 Å². The van der Waals surface area contributed by atoms with Gasteiger partial charge in [-0.15, -0.1) is 0 Å². The van der Waals surface area contributed by atoms with E-state index in [4.69, 9.17) is 4.74 Å². The molecule has 0 saturated carbocycles. The first-order valence-electron chi connectivity index (χ1n) is 6.67. The van der Waals surface area contributed by atoms with Gasteiger partial charge in [-0.25, -0.2) is 14.4 Å². The summed E-state index contributed by atoms with van der Waals surface area (Å²) in [6, 6.07) is 6.56. The summed E-state index contributed by atoms with van der Waals surface area (Å²) >= 11 is 3.42. The summed E-state index contributed by atoms with van der Waals surface area (Å²) in [4.78, 5) is 8.26. The zero-order valence-corrected chi connectivity index (χ0v) is 13.5. The van der Waals surface area contributed by atoms with E-state index < -0.39 is 0 Å². The van der Waals surface area contributed by atoms with Crippen LogP contribution in [0.25, 0.3) is 0 Å². The molecular formula is C15H17BrFN3O. The number of nitrogens with zero attached hydrogens (tertiary/aromatic N) is 2. The van der Waals surface area contributed by atoms with Crippen molar-refractivity contribution >= 4 is 15.9 Å². The van der Waals surface area contributed by atoms with E-state index in [-0.39, 0.29) is 11.9 Å². The lowest BCUT2D eigenvalue weighted by Gasteiger charge is -2.19. The molecule has 2 aromatic rings. The molecule has 6 heteroatoms. The van der Waals surface area contributed by atoms with Gasteiger partial charge in [0.2, 0.25) is 5.88 Å². The van der Waals surface area contributed by atoms with Crippen LogP contribution in [-0.4, -0.2) is 23.6 Å². The van der Waals surface area contributed by atoms with Crippen LogP contribution in [0.15, 0.2) is 35.1 Å². The van der Waals surface area contributed by atoms with Crippen molar-refractivity contribution < 1.29 is 9.13 Å². The van der Waals surface area contributed by atoms with Gasteiger partial charge in [-0.1, -0.05) is 28.9 Å². The number of hydrogen-bond donors (Lipinski definition) is 1. The van der Waals surface area contributed by atoms with Crippen LogP contribution in [0, 0.1) is 5.82 Å². The minimum Gasteiger partial charge on any atom is -0.481 e. The molecule has 1 unspecified atom stereocenters. The van der Waals surface area contributed by atoms with Gasteiger partial charge in [-0.05, 0) is 24.2 Å². The summed E-state index contributed by atoms with van der Waals surface area (Å²) in [6.45, 7) is 2.84. The van der Waals surface area contributed by atoms with E-state index in [2.05, 4.69) is 31.2 Å². The van der Waals surface area contributed by atoms with Gasteiger partial charge in [0.25, 0.3) is 0 Å². The molecule has 0 amide bonds. The normalized spacial score (nSPS) is 12.2. The van der Waals surface area contributed by atoms with Gasteiger partial charge in [0.15, 0.2) is 0 Å². The first-order valence-corrected chi connectivity index (χ1v) is 7.46. The van der Waals surface area contributed by atoms with Crippen LogP contribution in [0.2, 0.25) is 0 Å². The standard InChI is InChI=1S/C15H17BrFN3O/c1-3-18-14(12-5-4-10(17)6-13(12)16)7-11-8-15(21-2)20-9-19-11/h4-6,8-9,14,18H,3,7H2,1-2H3. The molecule has 21 heavy (non-hydrogen) atoms. The third-order valence-electron chi connectivity index (χ3n) is 3.11. The number of likely N-dealkylation sites (N-methyl/N-ethyl adjacent to an activating group) is 1. The second-order valence-corrected chi connectivity index (χ2v) is 5.39. The monoisotopic (exact) mass is 353 g/mol. The maximum Gasteiger partial charge on any atom is 0.216 e. The van der Waals surface area contributed by atoms with E-state index in [0.29, 0.717) is 12.3 Å². The molecule has 112 valence electrons. The summed E-state index contributed by atoms with van der Waals surface area (Å²) in [5.41, 5.74) is 1.86. The second kappa shape index (κ2) is 7.47. The first-order chi connectivity index (χ1) is 10.1. The lowest BCUT2D eigenvalue weighted by molar-refractivity contribution is 0.395. The van der Waals surface area contributed by atoms with Crippen LogP contribution >= 0.6 is 15.9 Å². The highest BCUT2D eigenvalue weighted by Gasteiger charge is 2.16. The van der Waals surface area contributed by atoms with Gasteiger partial charge in [-0.3, -0.25) is 0 Å². The van der Waals surface area contributed by atoms with Gasteiger partial charge in [0, 0.05) is 28.7 Å². The SMILES string of the molecule is CCNC(Cc1cc(OC)ncn1)c1ccc(F)cc1Br. The summed E-state index contributed by atoms with van der Waals surface area (Å²) < 4.78 is 19.1. The van der Waals surface area contributed by atoms with Crippen molar-refractivity contribution in [1.29, 1.82) is 0 Å². The highest BCUT2D eigenvalue weighted by Crippen LogP contribution is 2.27. The Morgan fingerprint density at radius 3 is 2.81 bits per heavy atom. The Hall–Kier alpha value is -1.53. The fraction of sp³-hybridized carbons (Fsp3) is 0.333. The van der Waals surface area contributed by atoms with Crippen molar-refractivity contribution in [2.45, 2.75) is 19.4 Å². The highest BCUT2D eigenvalue weighted by atomic mass is 79.9. The van der Waals surface area contributed by atoms with Crippen LogP contribution in [-0.2, 0) is 6.42 Å². The van der Waals surface area contributed by atoms with E-state index in [1.54, 1.807) is 13.2 Å². The molecule has 0 bridgehead atoms. The van der Waals surface area contributed by atoms with E-state index in [0.717, 1.165) is 22.3 Å². The molecule has 1 aromatic carbocycles. The van der Waals surface area contributed by atoms with Crippen LogP contribution < -0.4 is 10.1 Å². The molecule has 0 aliphatic carbocycles. The molecule has 0 spiro atoms. The van der Waals surface area contributed by atoms with Crippen molar-refractivity contribution in [3.8, 4) is 5.88 Å². The van der Waals surface area contributed by atoms with E-state index in [9.17, 15) is 4.39 Å². The summed E-state index contributed by atoms with van der Waals surface area (Å²) in [7, 11) is 1.57. The second-order valence-electron chi connectivity index (χ2n) is 4.53. The van der Waals surface area contributed by atoms with Crippen molar-refractivity contribution in [3.05, 3.63) is 52.1 Å². The van der Waals surface area contributed by atoms with Gasteiger partial charge < -0.3 is 10.1 Å². The Bertz CT molecular complexity index is 609. The van der Waals surface area contributed by atoms with Crippen LogP contribution in [0.3, 0.4) is 0 Å². The third kappa shape index (κ3) is 4.22. The van der Waals surface area contributed by atoms with Crippen LogP contribution in [0.1, 0.15) is 24.2 Å². The number of aromatic nitrogens is 2. The lowest BCUT2D eigenvalue weighted by atomic mass is 10.0. The number of hydrogen-bond acceptors (Lipinski definition) is 4. The fourth-order valence-electron chi connectivity index (χ4n) is 2.13. The molecule has 0 radical (unpaired) electrons. The molecule has 0 aliphatic heterocycles. The average Bonchev–Trinajstić information content (AvgIpc) is 2.47. The maximum absolute atomic E-state index is 13.2. The minimum absolute atomic E-state index is 0.0320. The highest BCUT2D eigenvalue weighted by molar-refractivity contribution is 9.10. The number of ether oxygens (including phenoxy) is 1. The summed E-state index contributed by atoms with van der Waals surface area (Å²) in [5, 5.41) is 3.39. The molecule has 1 N–H and O–H groups in total. The number of methoxy groups -OCH3 is 1. The van der Waals surface area contributed by atoms with Gasteiger partial charge >= 0.3 is 0 Å². The molecule has 2 rings (SSSR count). The molecule has 0 saturated heterocycles. The fourth-order valence-corrected chi connectivity index (χ4v) is 2.76. The Morgan fingerprint density at radius 2 is 2.14 bits per heavy atom. The molecule has 4 nitrogen and oxygen atoms in total. The maximum atomic E-state index is 13.2. The zero-order valence-electron chi connectivity index (χ0n) is 11.9. The average molecular weight is 354 g/mol. The van der Waals surface area contributed by atoms with E-state index in [1.807, 2.05) is 13.0 Å². The number of rotatable bonds is 6. The molecule has 1 heterocycles. The van der Waals surface area contributed by atoms with Crippen LogP contribution in [0.4, 0.5) is 4.39 Å². The van der Waals surface area contributed by atoms with E-state index >= 15 is 0 Å². The zero-order chi connectivity index (χ0) is 15.2. The molecule has 1 aromatic heterocycles. The van der Waals surface area contributed by atoms with Gasteiger partial charge in [0.1, 0.15) is 12.1 Å². The Morgan fingerprint density at radius 1 is 1.33 bits per heavy atom. The molecular weight excluding hydrogens is 337 g/mol. The Kier molecular flexibility index (Phi) is 5.64. The summed E-state index contributed by atoms with van der Waals surface area (Å²) in [6.07, 6.45) is 2.15. The molecule has 0 aliphatic rings. The molecule has 1 atom stereocenters. The Labute approximate surface area is 131 Å².